The molecular formula is C30H35BrN4O6S. The molecule has 0 aliphatic carbocycles. The van der Waals surface area contributed by atoms with Crippen LogP contribution < -0.4 is 9.62 Å². The molecule has 2 amide bonds. The maximum absolute atomic E-state index is 14.2. The summed E-state index contributed by atoms with van der Waals surface area (Å²) in [6.07, 6.45) is 1.12. The number of halogens is 1. The van der Waals surface area contributed by atoms with Gasteiger partial charge in [-0.3, -0.25) is 24.0 Å². The number of nitrogens with zero attached hydrogens (tertiary/aromatic N) is 3. The van der Waals surface area contributed by atoms with Crippen molar-refractivity contribution < 1.29 is 22.9 Å². The number of hydrogen-bond donors (Lipinski definition) is 1. The lowest BCUT2D eigenvalue weighted by molar-refractivity contribution is -0.384. The first-order valence-electron chi connectivity index (χ1n) is 13.2. The van der Waals surface area contributed by atoms with Crippen LogP contribution in [0.1, 0.15) is 37.5 Å². The second-order valence-electron chi connectivity index (χ2n) is 11.1. The molecule has 1 N–H and O–H groups in total. The molecule has 10 nitrogen and oxygen atoms in total. The van der Waals surface area contributed by atoms with E-state index in [0.717, 1.165) is 32.2 Å². The summed E-state index contributed by atoms with van der Waals surface area (Å²) in [5.41, 5.74) is 1.08. The quantitative estimate of drug-likeness (QED) is 0.228. The monoisotopic (exact) mass is 658 g/mol. The highest BCUT2D eigenvalue weighted by molar-refractivity contribution is 9.10. The predicted molar refractivity (Wildman–Crippen MR) is 167 cm³/mol. The molecule has 0 saturated heterocycles. The summed E-state index contributed by atoms with van der Waals surface area (Å²) in [6, 6.07) is 19.3. The number of carbonyl (C=O) groups is 2. The average Bonchev–Trinajstić information content (AvgIpc) is 2.89. The molecule has 12 heteroatoms. The molecule has 0 aromatic heterocycles. The highest BCUT2D eigenvalue weighted by Gasteiger charge is 2.35. The Morgan fingerprint density at radius 1 is 1.00 bits per heavy atom. The molecule has 42 heavy (non-hydrogen) atoms. The van der Waals surface area contributed by atoms with E-state index in [1.54, 1.807) is 6.92 Å². The van der Waals surface area contributed by atoms with Gasteiger partial charge in [0.2, 0.25) is 21.8 Å². The molecule has 3 aromatic rings. The lowest BCUT2D eigenvalue weighted by Crippen LogP contribution is -2.56. The second kappa shape index (κ2) is 13.5. The van der Waals surface area contributed by atoms with E-state index in [1.807, 2.05) is 75.4 Å². The van der Waals surface area contributed by atoms with Gasteiger partial charge in [-0.2, -0.15) is 0 Å². The Balaban J connectivity index is 2.12. The molecule has 0 bridgehead atoms. The van der Waals surface area contributed by atoms with Gasteiger partial charge in [-0.05, 0) is 56.5 Å². The Morgan fingerprint density at radius 2 is 1.62 bits per heavy atom. The molecule has 3 rings (SSSR count). The number of sulfonamides is 1. The van der Waals surface area contributed by atoms with Gasteiger partial charge in [-0.15, -0.1) is 0 Å². The van der Waals surface area contributed by atoms with Gasteiger partial charge in [0.15, 0.2) is 0 Å². The van der Waals surface area contributed by atoms with Crippen molar-refractivity contribution in [3.05, 3.63) is 104 Å². The summed E-state index contributed by atoms with van der Waals surface area (Å²) in [5, 5.41) is 14.4. The van der Waals surface area contributed by atoms with E-state index in [0.29, 0.717) is 5.56 Å². The van der Waals surface area contributed by atoms with E-state index in [4.69, 9.17) is 0 Å². The highest BCUT2D eigenvalue weighted by Crippen LogP contribution is 2.28. The Bertz CT molecular complexity index is 1540. The van der Waals surface area contributed by atoms with Crippen molar-refractivity contribution >= 4 is 49.1 Å². The summed E-state index contributed by atoms with van der Waals surface area (Å²) < 4.78 is 27.7. The minimum atomic E-state index is -4.07. The van der Waals surface area contributed by atoms with Crippen LogP contribution in [0.15, 0.2) is 77.3 Å². The molecule has 224 valence electrons. The van der Waals surface area contributed by atoms with Gasteiger partial charge in [-0.25, -0.2) is 8.42 Å². The van der Waals surface area contributed by atoms with Crippen LogP contribution in [-0.4, -0.2) is 54.4 Å². The number of amides is 2. The first-order chi connectivity index (χ1) is 19.5. The van der Waals surface area contributed by atoms with Gasteiger partial charge in [0.25, 0.3) is 5.69 Å². The van der Waals surface area contributed by atoms with Gasteiger partial charge >= 0.3 is 0 Å². The number of nitro groups is 1. The lowest BCUT2D eigenvalue weighted by Gasteiger charge is -2.35. The van der Waals surface area contributed by atoms with Crippen molar-refractivity contribution in [2.75, 3.05) is 17.1 Å². The molecule has 0 radical (unpaired) electrons. The van der Waals surface area contributed by atoms with Crippen LogP contribution in [-0.2, 0) is 32.6 Å². The van der Waals surface area contributed by atoms with E-state index in [-0.39, 0.29) is 24.3 Å². The van der Waals surface area contributed by atoms with Gasteiger partial charge in [0.1, 0.15) is 12.6 Å². The Morgan fingerprint density at radius 3 is 2.17 bits per heavy atom. The molecule has 0 aliphatic rings. The molecule has 0 spiro atoms. The summed E-state index contributed by atoms with van der Waals surface area (Å²) in [4.78, 5) is 40.1. The van der Waals surface area contributed by atoms with E-state index in [2.05, 4.69) is 21.2 Å². The molecule has 1 atom stereocenters. The number of rotatable bonds is 11. The van der Waals surface area contributed by atoms with Crippen molar-refractivity contribution in [3.63, 3.8) is 0 Å². The number of carbonyl (C=O) groups excluding carboxylic acids is 2. The van der Waals surface area contributed by atoms with Crippen molar-refractivity contribution in [2.24, 2.45) is 0 Å². The zero-order chi connectivity index (χ0) is 31.2. The second-order valence-corrected chi connectivity index (χ2v) is 13.9. The summed E-state index contributed by atoms with van der Waals surface area (Å²) in [6.45, 7) is 6.47. The number of benzene rings is 3. The number of non-ortho nitro benzene ring substituents is 1. The fraction of sp³-hybridized carbons (Fsp3) is 0.333. The van der Waals surface area contributed by atoms with Gasteiger partial charge in [-0.1, -0.05) is 64.5 Å². The number of aryl methyl sites for hydroxylation is 1. The topological polar surface area (TPSA) is 130 Å². The van der Waals surface area contributed by atoms with Crippen molar-refractivity contribution in [2.45, 2.75) is 52.2 Å². The summed E-state index contributed by atoms with van der Waals surface area (Å²) in [5.74, 6) is -1.03. The van der Waals surface area contributed by atoms with Gasteiger partial charge in [0, 0.05) is 35.1 Å². The van der Waals surface area contributed by atoms with Crippen LogP contribution in [0, 0.1) is 17.0 Å². The largest absolute Gasteiger partial charge is 0.350 e. The minimum Gasteiger partial charge on any atom is -0.350 e. The maximum Gasteiger partial charge on any atom is 0.271 e. The summed E-state index contributed by atoms with van der Waals surface area (Å²) in [7, 11) is -4.07. The number of nitro benzene ring substituents is 1. The zero-order valence-corrected chi connectivity index (χ0v) is 26.6. The van der Waals surface area contributed by atoms with E-state index in [9.17, 15) is 28.1 Å². The Kier molecular flexibility index (Phi) is 10.5. The highest BCUT2D eigenvalue weighted by atomic mass is 79.9. The fourth-order valence-electron chi connectivity index (χ4n) is 4.37. The van der Waals surface area contributed by atoms with Crippen LogP contribution >= 0.6 is 15.9 Å². The first kappa shape index (κ1) is 32.7. The van der Waals surface area contributed by atoms with Crippen molar-refractivity contribution in [1.82, 2.24) is 10.2 Å². The number of anilines is 1. The third-order valence-electron chi connectivity index (χ3n) is 6.39. The third-order valence-corrected chi connectivity index (χ3v) is 8.04. The van der Waals surface area contributed by atoms with Crippen LogP contribution in [0.5, 0.6) is 0 Å². The molecule has 0 fully saturated rings. The maximum atomic E-state index is 14.2. The average molecular weight is 660 g/mol. The zero-order valence-electron chi connectivity index (χ0n) is 24.2. The molecule has 0 heterocycles. The van der Waals surface area contributed by atoms with Crippen LogP contribution in [0.3, 0.4) is 0 Å². The number of hydrogen-bond acceptors (Lipinski definition) is 6. The fourth-order valence-corrected chi connectivity index (χ4v) is 5.53. The molecule has 0 unspecified atom stereocenters. The van der Waals surface area contributed by atoms with Crippen molar-refractivity contribution in [1.29, 1.82) is 0 Å². The summed E-state index contributed by atoms with van der Waals surface area (Å²) >= 11 is 3.41. The predicted octanol–water partition coefficient (Wildman–Crippen LogP) is 4.99. The molecular weight excluding hydrogens is 624 g/mol. The van der Waals surface area contributed by atoms with Gasteiger partial charge in [0.05, 0.1) is 16.9 Å². The third kappa shape index (κ3) is 9.12. The minimum absolute atomic E-state index is 0.0161. The van der Waals surface area contributed by atoms with Crippen LogP contribution in [0.25, 0.3) is 0 Å². The van der Waals surface area contributed by atoms with E-state index in [1.165, 1.54) is 17.0 Å². The smallest absolute Gasteiger partial charge is 0.271 e. The van der Waals surface area contributed by atoms with Crippen LogP contribution in [0.2, 0.25) is 0 Å². The molecule has 0 saturated carbocycles. The van der Waals surface area contributed by atoms with Gasteiger partial charge < -0.3 is 10.2 Å². The Hall–Kier alpha value is -3.77. The molecule has 3 aromatic carbocycles. The van der Waals surface area contributed by atoms with Crippen molar-refractivity contribution in [3.8, 4) is 0 Å². The number of nitrogens with one attached hydrogen (secondary N) is 1. The first-order valence-corrected chi connectivity index (χ1v) is 15.8. The lowest BCUT2D eigenvalue weighted by atomic mass is 10.0. The normalized spacial score (nSPS) is 12.3. The SMILES string of the molecule is Cc1ccc([N+](=O)[O-])cc1N(CC(=O)N(Cc1ccc(Br)cc1)[C@H](Cc1ccccc1)C(=O)NC(C)(C)C)S(C)(=O)=O. The molecule has 0 aliphatic heterocycles. The van der Waals surface area contributed by atoms with E-state index < -0.39 is 44.9 Å². The van der Waals surface area contributed by atoms with Crippen LogP contribution in [0.4, 0.5) is 11.4 Å². The Labute approximate surface area is 255 Å². The standard InChI is InChI=1S/C30H35BrN4O6S/c1-21-11-16-25(35(38)39)18-26(21)34(42(5,40)41)20-28(36)33(19-23-12-14-24(31)15-13-23)27(29(37)32-30(2,3)4)17-22-9-7-6-8-10-22/h6-16,18,27H,17,19-20H2,1-5H3,(H,32,37)/t27-/m1/s1. The van der Waals surface area contributed by atoms with E-state index >= 15 is 0 Å².